The third-order valence-electron chi connectivity index (χ3n) is 3.16. The van der Waals surface area contributed by atoms with Crippen LogP contribution in [0.25, 0.3) is 5.69 Å². The van der Waals surface area contributed by atoms with Gasteiger partial charge in [0.2, 0.25) is 11.1 Å². The van der Waals surface area contributed by atoms with Gasteiger partial charge in [0, 0.05) is 11.8 Å². The van der Waals surface area contributed by atoms with Crippen LogP contribution in [0.5, 0.6) is 5.75 Å². The summed E-state index contributed by atoms with van der Waals surface area (Å²) in [5.74, 6) is -0.590. The van der Waals surface area contributed by atoms with Gasteiger partial charge < -0.3 is 9.84 Å². The van der Waals surface area contributed by atoms with Gasteiger partial charge in [0.25, 0.3) is 0 Å². The average Bonchev–Trinajstić information content (AvgIpc) is 2.48. The number of hydrogen-bond acceptors (Lipinski definition) is 4. The molecule has 0 unspecified atom stereocenters. The van der Waals surface area contributed by atoms with E-state index >= 15 is 0 Å². The molecule has 0 amide bonds. The fraction of sp³-hybridized carbons (Fsp3) is 0.312. The molecule has 0 spiro atoms. The van der Waals surface area contributed by atoms with Gasteiger partial charge in [-0.15, -0.1) is 0 Å². The van der Waals surface area contributed by atoms with Crippen molar-refractivity contribution in [2.24, 2.45) is 0 Å². The summed E-state index contributed by atoms with van der Waals surface area (Å²) in [7, 11) is 0. The summed E-state index contributed by atoms with van der Waals surface area (Å²) in [6.45, 7) is 4.46. The molecule has 0 bridgehead atoms. The van der Waals surface area contributed by atoms with E-state index in [4.69, 9.17) is 9.84 Å². The lowest BCUT2D eigenvalue weighted by Gasteiger charge is -2.11. The van der Waals surface area contributed by atoms with E-state index in [1.165, 1.54) is 10.7 Å². The maximum Gasteiger partial charge on any atom is 0.360 e. The van der Waals surface area contributed by atoms with Gasteiger partial charge in [-0.2, -0.15) is 5.10 Å². The lowest BCUT2D eigenvalue weighted by Crippen LogP contribution is -2.22. The lowest BCUT2D eigenvalue weighted by atomic mass is 10.2. The number of ether oxygens (including phenoxy) is 1. The minimum absolute atomic E-state index is 0.492. The first-order valence-electron chi connectivity index (χ1n) is 7.10. The zero-order valence-electron chi connectivity index (χ0n) is 12.6. The number of carboxylic acids is 1. The number of aryl methyl sites for hydroxylation is 1. The van der Waals surface area contributed by atoms with Crippen molar-refractivity contribution in [2.75, 3.05) is 6.61 Å². The highest BCUT2D eigenvalue weighted by atomic mass is 16.5. The molecule has 6 heteroatoms. The van der Waals surface area contributed by atoms with Gasteiger partial charge >= 0.3 is 5.97 Å². The van der Waals surface area contributed by atoms with E-state index in [1.807, 2.05) is 0 Å². The number of aromatic carboxylic acids is 1. The Morgan fingerprint density at radius 3 is 2.59 bits per heavy atom. The van der Waals surface area contributed by atoms with Crippen LogP contribution >= 0.6 is 0 Å². The number of hydrogen-bond donors (Lipinski definition) is 1. The Balaban J connectivity index is 2.30. The lowest BCUT2D eigenvalue weighted by molar-refractivity contribution is 0.0686. The van der Waals surface area contributed by atoms with Gasteiger partial charge in [0.1, 0.15) is 5.75 Å². The van der Waals surface area contributed by atoms with E-state index in [0.717, 1.165) is 18.6 Å². The molecular formula is C16H18N2O4. The van der Waals surface area contributed by atoms with Crippen LogP contribution in [0, 0.1) is 6.92 Å². The Labute approximate surface area is 128 Å². The van der Waals surface area contributed by atoms with Gasteiger partial charge in [0.05, 0.1) is 12.3 Å². The van der Waals surface area contributed by atoms with E-state index in [2.05, 4.69) is 12.0 Å². The molecular weight excluding hydrogens is 284 g/mol. The monoisotopic (exact) mass is 302 g/mol. The molecule has 0 fully saturated rings. The summed E-state index contributed by atoms with van der Waals surface area (Å²) in [5.41, 5.74) is 0.145. The molecule has 2 rings (SSSR count). The van der Waals surface area contributed by atoms with Crippen molar-refractivity contribution in [1.29, 1.82) is 0 Å². The van der Waals surface area contributed by atoms with Crippen LogP contribution in [0.2, 0.25) is 0 Å². The first-order chi connectivity index (χ1) is 10.5. The van der Waals surface area contributed by atoms with Crippen LogP contribution < -0.4 is 10.2 Å². The fourth-order valence-electron chi connectivity index (χ4n) is 1.97. The largest absolute Gasteiger partial charge is 0.494 e. The van der Waals surface area contributed by atoms with Gasteiger partial charge in [-0.05, 0) is 37.6 Å². The van der Waals surface area contributed by atoms with E-state index in [9.17, 15) is 9.59 Å². The molecule has 116 valence electrons. The Bertz CT molecular complexity index is 720. The van der Waals surface area contributed by atoms with Gasteiger partial charge in [-0.3, -0.25) is 4.79 Å². The predicted molar refractivity (Wildman–Crippen MR) is 81.9 cm³/mol. The minimum Gasteiger partial charge on any atom is -0.494 e. The van der Waals surface area contributed by atoms with Crippen molar-refractivity contribution in [1.82, 2.24) is 9.78 Å². The van der Waals surface area contributed by atoms with Crippen molar-refractivity contribution in [3.8, 4) is 11.4 Å². The average molecular weight is 302 g/mol. The number of benzene rings is 1. The molecule has 0 saturated heterocycles. The SMILES string of the molecule is CCCCOc1ccc(-n2nc(C(=O)O)c(=O)cc2C)cc1. The zero-order chi connectivity index (χ0) is 16.1. The van der Waals surface area contributed by atoms with Crippen LogP contribution in [-0.2, 0) is 0 Å². The molecule has 1 N–H and O–H groups in total. The maximum absolute atomic E-state index is 11.6. The summed E-state index contributed by atoms with van der Waals surface area (Å²) in [5, 5.41) is 12.9. The Kier molecular flexibility index (Phi) is 4.93. The van der Waals surface area contributed by atoms with Crippen molar-refractivity contribution in [2.45, 2.75) is 26.7 Å². The number of unbranched alkanes of at least 4 members (excludes halogenated alkanes) is 1. The normalized spacial score (nSPS) is 10.5. The van der Waals surface area contributed by atoms with E-state index < -0.39 is 17.1 Å². The topological polar surface area (TPSA) is 81.4 Å². The molecule has 1 aromatic heterocycles. The summed E-state index contributed by atoms with van der Waals surface area (Å²) in [6.07, 6.45) is 2.06. The Morgan fingerprint density at radius 1 is 1.32 bits per heavy atom. The second-order valence-electron chi connectivity index (χ2n) is 4.91. The number of aromatic nitrogens is 2. The van der Waals surface area contributed by atoms with Crippen LogP contribution in [0.1, 0.15) is 35.9 Å². The number of carbonyl (C=O) groups is 1. The third kappa shape index (κ3) is 3.52. The molecule has 1 heterocycles. The van der Waals surface area contributed by atoms with E-state index in [-0.39, 0.29) is 0 Å². The minimum atomic E-state index is -1.33. The smallest absolute Gasteiger partial charge is 0.360 e. The van der Waals surface area contributed by atoms with Crippen LogP contribution in [-0.4, -0.2) is 27.5 Å². The van der Waals surface area contributed by atoms with Crippen molar-refractivity contribution in [3.05, 3.63) is 51.9 Å². The number of nitrogens with zero attached hydrogens (tertiary/aromatic N) is 2. The maximum atomic E-state index is 11.6. The summed E-state index contributed by atoms with van der Waals surface area (Å²) in [4.78, 5) is 22.6. The van der Waals surface area contributed by atoms with Crippen LogP contribution in [0.15, 0.2) is 35.1 Å². The molecule has 0 aliphatic heterocycles. The standard InChI is InChI=1S/C16H18N2O4/c1-3-4-9-22-13-7-5-12(6-8-13)18-11(2)10-14(19)15(17-18)16(20)21/h5-8,10H,3-4,9H2,1-2H3,(H,20,21). The molecule has 6 nitrogen and oxygen atoms in total. The third-order valence-corrected chi connectivity index (χ3v) is 3.16. The first kappa shape index (κ1) is 15.8. The van der Waals surface area contributed by atoms with Gasteiger partial charge in [0.15, 0.2) is 0 Å². The fourth-order valence-corrected chi connectivity index (χ4v) is 1.97. The summed E-state index contributed by atoms with van der Waals surface area (Å²) in [6, 6.07) is 8.41. The van der Waals surface area contributed by atoms with Gasteiger partial charge in [-0.1, -0.05) is 13.3 Å². The molecule has 2 aromatic rings. The van der Waals surface area contributed by atoms with Gasteiger partial charge in [-0.25, -0.2) is 9.48 Å². The highest BCUT2D eigenvalue weighted by Crippen LogP contribution is 2.16. The van der Waals surface area contributed by atoms with E-state index in [0.29, 0.717) is 18.0 Å². The zero-order valence-corrected chi connectivity index (χ0v) is 12.6. The summed E-state index contributed by atoms with van der Waals surface area (Å²) >= 11 is 0. The Hall–Kier alpha value is -2.63. The molecule has 1 aromatic carbocycles. The predicted octanol–water partition coefficient (Wildman–Crippen LogP) is 2.42. The number of carboxylic acid groups (broad SMARTS) is 1. The molecule has 0 saturated carbocycles. The molecule has 22 heavy (non-hydrogen) atoms. The van der Waals surface area contributed by atoms with Crippen molar-refractivity contribution >= 4 is 5.97 Å². The molecule has 0 atom stereocenters. The van der Waals surface area contributed by atoms with Crippen molar-refractivity contribution < 1.29 is 14.6 Å². The van der Waals surface area contributed by atoms with Crippen LogP contribution in [0.3, 0.4) is 0 Å². The molecule has 0 radical (unpaired) electrons. The highest BCUT2D eigenvalue weighted by molar-refractivity contribution is 5.84. The summed E-state index contributed by atoms with van der Waals surface area (Å²) < 4.78 is 7.01. The van der Waals surface area contributed by atoms with E-state index in [1.54, 1.807) is 31.2 Å². The highest BCUT2D eigenvalue weighted by Gasteiger charge is 2.13. The molecule has 0 aliphatic rings. The number of rotatable bonds is 6. The second kappa shape index (κ2) is 6.89. The Morgan fingerprint density at radius 2 is 2.00 bits per heavy atom. The second-order valence-corrected chi connectivity index (χ2v) is 4.91. The quantitative estimate of drug-likeness (QED) is 0.829. The molecule has 0 aliphatic carbocycles. The van der Waals surface area contributed by atoms with Crippen molar-refractivity contribution in [3.63, 3.8) is 0 Å². The first-order valence-corrected chi connectivity index (χ1v) is 7.10. The van der Waals surface area contributed by atoms with Crippen LogP contribution in [0.4, 0.5) is 0 Å².